The van der Waals surface area contributed by atoms with E-state index in [1.54, 1.807) is 11.8 Å². The summed E-state index contributed by atoms with van der Waals surface area (Å²) in [6.07, 6.45) is 0.0184. The number of benzene rings is 2. The smallest absolute Gasteiger partial charge is 0.316 e. The number of rotatable bonds is 4. The minimum atomic E-state index is -2.02. The minimum Gasteiger partial charge on any atom is -0.426 e. The number of carbonyl (C=O) groups is 4. The first-order chi connectivity index (χ1) is 19.6. The highest BCUT2D eigenvalue weighted by molar-refractivity contribution is 6.67. The first-order valence-electron chi connectivity index (χ1n) is 13.0. The number of imide groups is 1. The Balaban J connectivity index is 1.21. The maximum Gasteiger partial charge on any atom is 0.316 e. The molecule has 2 heterocycles. The number of alkyl halides is 4. The van der Waals surface area contributed by atoms with E-state index in [0.717, 1.165) is 21.7 Å². The Kier molecular flexibility index (Phi) is 6.97. The molecule has 2 aliphatic carbocycles. The zero-order chi connectivity index (χ0) is 30.7. The number of nitrogens with zero attached hydrogens (tertiary/aromatic N) is 2. The van der Waals surface area contributed by atoms with Crippen molar-refractivity contribution in [2.45, 2.75) is 41.3 Å². The fraction of sp³-hybridized carbons (Fsp3) is 0.379. The minimum absolute atomic E-state index is 0.0184. The molecule has 5 atom stereocenters. The molecule has 3 fully saturated rings. The fourth-order valence-electron chi connectivity index (χ4n) is 6.38. The molecule has 0 radical (unpaired) electrons. The van der Waals surface area contributed by atoms with Crippen molar-refractivity contribution >= 4 is 105 Å². The number of fused-ring (bicyclic) bond motifs is 5. The van der Waals surface area contributed by atoms with E-state index in [1.807, 2.05) is 32.0 Å². The van der Waals surface area contributed by atoms with Gasteiger partial charge in [-0.1, -0.05) is 52.5 Å². The van der Waals surface area contributed by atoms with Crippen molar-refractivity contribution < 1.29 is 23.9 Å². The van der Waals surface area contributed by atoms with Crippen LogP contribution in [0.1, 0.15) is 23.1 Å². The number of aryl methyl sites for hydroxylation is 3. The average Bonchev–Trinajstić information content (AvgIpc) is 3.51. The van der Waals surface area contributed by atoms with Crippen molar-refractivity contribution in [1.82, 2.24) is 0 Å². The molecule has 42 heavy (non-hydrogen) atoms. The molecule has 13 heteroatoms. The SMILES string of the molecule is Cc1ccc(N2C[C@H](C(=O)Oc3ccc(N4C(=O)[C@@H]5[C@H](C4=O)[C@@]4(Cl)C(Cl)=C(Cl)[C@@]5(Cl)C4(Cl)Cl)c(C)c3)CC2=O)cc1C. The molecule has 3 amide bonds. The molecular formula is C29H22Cl6N2O5. The molecule has 0 aromatic heterocycles. The molecule has 2 aromatic carbocycles. The molecule has 7 nitrogen and oxygen atoms in total. The van der Waals surface area contributed by atoms with Crippen LogP contribution in [0.4, 0.5) is 11.4 Å². The van der Waals surface area contributed by atoms with Crippen LogP contribution in [0.3, 0.4) is 0 Å². The van der Waals surface area contributed by atoms with Gasteiger partial charge in [0.25, 0.3) is 0 Å². The fourth-order valence-corrected chi connectivity index (χ4v) is 9.31. The van der Waals surface area contributed by atoms with Crippen molar-refractivity contribution in [2.75, 3.05) is 16.3 Å². The number of allylic oxidation sites excluding steroid dienone is 2. The van der Waals surface area contributed by atoms with Crippen LogP contribution in [0.15, 0.2) is 46.5 Å². The normalized spacial score (nSPS) is 31.5. The number of carbonyl (C=O) groups excluding carboxylic acids is 4. The van der Waals surface area contributed by atoms with Gasteiger partial charge in [0, 0.05) is 18.7 Å². The molecular weight excluding hydrogens is 669 g/mol. The summed E-state index contributed by atoms with van der Waals surface area (Å²) in [7, 11) is 0. The van der Waals surface area contributed by atoms with Crippen molar-refractivity contribution in [1.29, 1.82) is 0 Å². The molecule has 2 aliphatic heterocycles. The quantitative estimate of drug-likeness (QED) is 0.158. The van der Waals surface area contributed by atoms with Gasteiger partial charge in [-0.25, -0.2) is 4.90 Å². The van der Waals surface area contributed by atoms with E-state index in [2.05, 4.69) is 0 Å². The van der Waals surface area contributed by atoms with Gasteiger partial charge >= 0.3 is 5.97 Å². The first kappa shape index (κ1) is 30.0. The average molecular weight is 691 g/mol. The van der Waals surface area contributed by atoms with Gasteiger partial charge in [0.15, 0.2) is 4.33 Å². The van der Waals surface area contributed by atoms with Crippen LogP contribution in [0.5, 0.6) is 5.75 Å². The van der Waals surface area contributed by atoms with Crippen LogP contribution < -0.4 is 14.5 Å². The van der Waals surface area contributed by atoms with Crippen molar-refractivity contribution in [3.8, 4) is 5.75 Å². The van der Waals surface area contributed by atoms with E-state index in [0.29, 0.717) is 5.56 Å². The summed E-state index contributed by atoms with van der Waals surface area (Å²) < 4.78 is 3.59. The third-order valence-electron chi connectivity index (χ3n) is 8.80. The van der Waals surface area contributed by atoms with E-state index >= 15 is 0 Å². The molecule has 2 bridgehead atoms. The predicted molar refractivity (Wildman–Crippen MR) is 163 cm³/mol. The third kappa shape index (κ3) is 3.74. The van der Waals surface area contributed by atoms with E-state index in [9.17, 15) is 19.2 Å². The second-order valence-corrected chi connectivity index (χ2v) is 14.4. The molecule has 0 unspecified atom stereocenters. The van der Waals surface area contributed by atoms with Gasteiger partial charge in [-0.05, 0) is 67.8 Å². The zero-order valence-corrected chi connectivity index (χ0v) is 26.8. The zero-order valence-electron chi connectivity index (χ0n) is 22.3. The van der Waals surface area contributed by atoms with Crippen molar-refractivity contribution in [2.24, 2.45) is 17.8 Å². The third-order valence-corrected chi connectivity index (χ3v) is 13.1. The highest BCUT2D eigenvalue weighted by Gasteiger charge is 2.87. The second kappa shape index (κ2) is 9.75. The lowest BCUT2D eigenvalue weighted by molar-refractivity contribution is -0.139. The van der Waals surface area contributed by atoms with Crippen molar-refractivity contribution in [3.63, 3.8) is 0 Å². The number of hydrogen-bond acceptors (Lipinski definition) is 5. The van der Waals surface area contributed by atoms with Crippen LogP contribution in [0, 0.1) is 38.5 Å². The lowest BCUT2D eigenvalue weighted by Gasteiger charge is -2.34. The Labute approximate surface area is 271 Å². The van der Waals surface area contributed by atoms with Gasteiger partial charge in [-0.2, -0.15) is 0 Å². The largest absolute Gasteiger partial charge is 0.426 e. The molecule has 1 saturated carbocycles. The van der Waals surface area contributed by atoms with Gasteiger partial charge in [-0.15, -0.1) is 23.2 Å². The van der Waals surface area contributed by atoms with Gasteiger partial charge in [0.2, 0.25) is 17.7 Å². The topological polar surface area (TPSA) is 84.0 Å². The molecule has 220 valence electrons. The highest BCUT2D eigenvalue weighted by Crippen LogP contribution is 2.77. The number of hydrogen-bond donors (Lipinski definition) is 0. The van der Waals surface area contributed by atoms with E-state index in [1.165, 1.54) is 18.2 Å². The maximum atomic E-state index is 13.7. The highest BCUT2D eigenvalue weighted by atomic mass is 35.5. The molecule has 6 rings (SSSR count). The Morgan fingerprint density at radius 2 is 1.43 bits per heavy atom. The number of anilines is 2. The monoisotopic (exact) mass is 688 g/mol. The number of halogens is 6. The number of esters is 1. The van der Waals surface area contributed by atoms with Gasteiger partial charge in [0.1, 0.15) is 15.5 Å². The summed E-state index contributed by atoms with van der Waals surface area (Å²) >= 11 is 39.4. The van der Waals surface area contributed by atoms with Gasteiger partial charge in [-0.3, -0.25) is 19.2 Å². The number of ether oxygens (including phenoxy) is 1. The number of amides is 3. The van der Waals surface area contributed by atoms with Crippen LogP contribution in [-0.2, 0) is 19.2 Å². The summed E-state index contributed by atoms with van der Waals surface area (Å²) in [4.78, 5) is 51.8. The summed E-state index contributed by atoms with van der Waals surface area (Å²) in [5.41, 5.74) is 3.56. The van der Waals surface area contributed by atoms with Crippen LogP contribution in [-0.4, -0.2) is 44.3 Å². The van der Waals surface area contributed by atoms with E-state index in [-0.39, 0.29) is 40.4 Å². The Morgan fingerprint density at radius 1 is 0.833 bits per heavy atom. The maximum absolute atomic E-state index is 13.7. The lowest BCUT2D eigenvalue weighted by atomic mass is 9.84. The summed E-state index contributed by atoms with van der Waals surface area (Å²) in [6, 6.07) is 10.2. The molecule has 4 aliphatic rings. The summed E-state index contributed by atoms with van der Waals surface area (Å²) in [5, 5.41) is -0.342. The van der Waals surface area contributed by atoms with E-state index < -0.39 is 49.6 Å². The van der Waals surface area contributed by atoms with Crippen LogP contribution in [0.2, 0.25) is 0 Å². The van der Waals surface area contributed by atoms with Crippen molar-refractivity contribution in [3.05, 3.63) is 63.2 Å². The molecule has 2 saturated heterocycles. The summed E-state index contributed by atoms with van der Waals surface area (Å²) in [6.45, 7) is 5.79. The van der Waals surface area contributed by atoms with Crippen LogP contribution >= 0.6 is 69.6 Å². The van der Waals surface area contributed by atoms with Gasteiger partial charge < -0.3 is 9.64 Å². The summed E-state index contributed by atoms with van der Waals surface area (Å²) in [5.74, 6) is -5.09. The predicted octanol–water partition coefficient (Wildman–Crippen LogP) is 6.52. The molecule has 2 aromatic rings. The Morgan fingerprint density at radius 3 is 1.98 bits per heavy atom. The van der Waals surface area contributed by atoms with Gasteiger partial charge in [0.05, 0.1) is 33.5 Å². The molecule has 0 spiro atoms. The van der Waals surface area contributed by atoms with Crippen LogP contribution in [0.25, 0.3) is 0 Å². The lowest BCUT2D eigenvalue weighted by Crippen LogP contribution is -2.50. The Bertz CT molecular complexity index is 1610. The Hall–Kier alpha value is -2.00. The molecule has 0 N–H and O–H groups in total. The van der Waals surface area contributed by atoms with E-state index in [4.69, 9.17) is 74.3 Å². The second-order valence-electron chi connectivity index (χ2n) is 11.1. The first-order valence-corrected chi connectivity index (χ1v) is 15.2. The standard InChI is InChI=1S/C29H22Cl6N2O5/c1-12-4-5-16(8-13(12)2)36-11-15(10-19(36)38)26(41)42-17-6-7-18(14(3)9-17)37-24(39)20-21(25(37)40)28(33)23(31)22(30)27(20,32)29(28,34)35/h4-9,15,20-21H,10-11H2,1-3H3/t15-,20-,21+,27-,28-/m1/s1.